The number of ether oxygens (including phenoxy) is 2. The van der Waals surface area contributed by atoms with Crippen molar-refractivity contribution < 1.29 is 19.1 Å². The summed E-state index contributed by atoms with van der Waals surface area (Å²) >= 11 is 0. The lowest BCUT2D eigenvalue weighted by atomic mass is 10.1. The minimum absolute atomic E-state index is 0.0971. The number of amides is 1. The first-order valence-electron chi connectivity index (χ1n) is 6.94. The number of nitrogens with one attached hydrogen (secondary N) is 1. The first kappa shape index (κ1) is 16.4. The number of oxime groups is 1. The van der Waals surface area contributed by atoms with Crippen molar-refractivity contribution >= 4 is 11.6 Å². The van der Waals surface area contributed by atoms with Crippen LogP contribution >= 0.6 is 0 Å². The van der Waals surface area contributed by atoms with Gasteiger partial charge in [0.2, 0.25) is 0 Å². The molecule has 0 fully saturated rings. The van der Waals surface area contributed by atoms with E-state index in [1.165, 1.54) is 14.2 Å². The van der Waals surface area contributed by atoms with Crippen molar-refractivity contribution in [1.29, 1.82) is 0 Å². The molecule has 0 saturated heterocycles. The second-order valence-corrected chi connectivity index (χ2v) is 4.48. The molecule has 0 aliphatic carbocycles. The van der Waals surface area contributed by atoms with E-state index in [-0.39, 0.29) is 5.71 Å². The Morgan fingerprint density at radius 3 is 2.39 bits per heavy atom. The lowest BCUT2D eigenvalue weighted by molar-refractivity contribution is -0.114. The normalized spacial score (nSPS) is 10.8. The van der Waals surface area contributed by atoms with E-state index in [0.29, 0.717) is 22.8 Å². The molecule has 0 bridgehead atoms. The molecule has 0 spiro atoms. The molecule has 0 heterocycles. The van der Waals surface area contributed by atoms with Crippen LogP contribution in [0, 0.1) is 0 Å². The minimum atomic E-state index is -0.391. The molecule has 1 amide bonds. The highest BCUT2D eigenvalue weighted by molar-refractivity contribution is 6.45. The van der Waals surface area contributed by atoms with Crippen molar-refractivity contribution in [3.8, 4) is 17.2 Å². The first-order chi connectivity index (χ1) is 11.2. The number of benzene rings is 2. The maximum atomic E-state index is 12.1. The Hall–Kier alpha value is -3.02. The Morgan fingerprint density at radius 1 is 1.04 bits per heavy atom. The highest BCUT2D eigenvalue weighted by Crippen LogP contribution is 2.29. The fourth-order valence-electron chi connectivity index (χ4n) is 1.95. The average molecular weight is 314 g/mol. The van der Waals surface area contributed by atoms with Gasteiger partial charge in [0.1, 0.15) is 24.4 Å². The number of rotatable bonds is 6. The fraction of sp³-hybridized carbons (Fsp3) is 0.176. The van der Waals surface area contributed by atoms with E-state index in [1.807, 2.05) is 30.3 Å². The number of methoxy groups -OCH3 is 1. The van der Waals surface area contributed by atoms with Crippen LogP contribution in [-0.2, 0) is 9.63 Å². The van der Waals surface area contributed by atoms with Crippen LogP contribution in [-0.4, -0.2) is 32.9 Å². The smallest absolute Gasteiger partial charge is 0.273 e. The van der Waals surface area contributed by atoms with Crippen molar-refractivity contribution in [2.45, 2.75) is 0 Å². The van der Waals surface area contributed by atoms with Gasteiger partial charge in [0.05, 0.1) is 12.7 Å². The molecule has 0 atom stereocenters. The molecular formula is C17H18N2O4. The van der Waals surface area contributed by atoms with Crippen molar-refractivity contribution in [3.63, 3.8) is 0 Å². The molecule has 23 heavy (non-hydrogen) atoms. The number of carbonyl (C=O) groups is 1. The van der Waals surface area contributed by atoms with Crippen LogP contribution in [0.1, 0.15) is 5.56 Å². The molecule has 0 saturated carbocycles. The third-order valence-corrected chi connectivity index (χ3v) is 3.04. The summed E-state index contributed by atoms with van der Waals surface area (Å²) in [5.74, 6) is 1.30. The Labute approximate surface area is 134 Å². The van der Waals surface area contributed by atoms with Crippen LogP contribution in [0.4, 0.5) is 0 Å². The van der Waals surface area contributed by atoms with E-state index in [1.54, 1.807) is 25.3 Å². The standard InChI is InChI=1S/C17H18N2O4/c1-18-17(20)16(19-22-3)14-11-13(21-2)9-10-15(14)23-12-7-5-4-6-8-12/h4-11H,1-3H3,(H,18,20)/b19-16+. The van der Waals surface area contributed by atoms with E-state index in [2.05, 4.69) is 10.5 Å². The molecule has 2 aromatic carbocycles. The third kappa shape index (κ3) is 4.00. The predicted octanol–water partition coefficient (Wildman–Crippen LogP) is 2.58. The van der Waals surface area contributed by atoms with Gasteiger partial charge in [-0.1, -0.05) is 23.4 Å². The highest BCUT2D eigenvalue weighted by Gasteiger charge is 2.20. The lowest BCUT2D eigenvalue weighted by Gasteiger charge is -2.13. The van der Waals surface area contributed by atoms with Crippen LogP contribution in [0.5, 0.6) is 17.2 Å². The van der Waals surface area contributed by atoms with Crippen molar-refractivity contribution in [3.05, 3.63) is 54.1 Å². The molecule has 0 radical (unpaired) electrons. The summed E-state index contributed by atoms with van der Waals surface area (Å²) in [6.45, 7) is 0. The number of hydrogen-bond acceptors (Lipinski definition) is 5. The Kier molecular flexibility index (Phi) is 5.57. The first-order valence-corrected chi connectivity index (χ1v) is 6.94. The monoisotopic (exact) mass is 314 g/mol. The fourth-order valence-corrected chi connectivity index (χ4v) is 1.95. The number of nitrogens with zero attached hydrogens (tertiary/aromatic N) is 1. The van der Waals surface area contributed by atoms with E-state index in [0.717, 1.165) is 0 Å². The maximum absolute atomic E-state index is 12.1. The SMILES string of the molecule is CNC(=O)/C(=N/OC)c1cc(OC)ccc1Oc1ccccc1. The molecule has 0 unspecified atom stereocenters. The van der Waals surface area contributed by atoms with Gasteiger partial charge in [-0.3, -0.25) is 4.79 Å². The van der Waals surface area contributed by atoms with Gasteiger partial charge in [-0.05, 0) is 30.3 Å². The van der Waals surface area contributed by atoms with Gasteiger partial charge >= 0.3 is 0 Å². The Balaban J connectivity index is 2.50. The molecule has 6 heteroatoms. The summed E-state index contributed by atoms with van der Waals surface area (Å²) in [5, 5.41) is 6.34. The molecule has 2 aromatic rings. The maximum Gasteiger partial charge on any atom is 0.273 e. The van der Waals surface area contributed by atoms with Gasteiger partial charge in [0.25, 0.3) is 5.91 Å². The molecule has 0 aromatic heterocycles. The molecule has 0 aliphatic rings. The van der Waals surface area contributed by atoms with E-state index in [9.17, 15) is 4.79 Å². The second-order valence-electron chi connectivity index (χ2n) is 4.48. The molecular weight excluding hydrogens is 296 g/mol. The predicted molar refractivity (Wildman–Crippen MR) is 87.1 cm³/mol. The largest absolute Gasteiger partial charge is 0.497 e. The van der Waals surface area contributed by atoms with Crippen LogP contribution in [0.25, 0.3) is 0 Å². The zero-order chi connectivity index (χ0) is 16.7. The van der Waals surface area contributed by atoms with Crippen LogP contribution < -0.4 is 14.8 Å². The van der Waals surface area contributed by atoms with Crippen LogP contribution in [0.15, 0.2) is 53.7 Å². The van der Waals surface area contributed by atoms with Gasteiger partial charge in [-0.15, -0.1) is 0 Å². The van der Waals surface area contributed by atoms with Crippen molar-refractivity contribution in [2.75, 3.05) is 21.3 Å². The summed E-state index contributed by atoms with van der Waals surface area (Å²) in [5.41, 5.74) is 0.564. The zero-order valence-electron chi connectivity index (χ0n) is 13.2. The number of hydrogen-bond donors (Lipinski definition) is 1. The third-order valence-electron chi connectivity index (χ3n) is 3.04. The lowest BCUT2D eigenvalue weighted by Crippen LogP contribution is -2.29. The van der Waals surface area contributed by atoms with E-state index < -0.39 is 5.91 Å². The van der Waals surface area contributed by atoms with Gasteiger partial charge in [0.15, 0.2) is 5.71 Å². The molecule has 2 rings (SSSR count). The van der Waals surface area contributed by atoms with Gasteiger partial charge in [0, 0.05) is 7.05 Å². The van der Waals surface area contributed by atoms with Gasteiger partial charge in [-0.2, -0.15) is 0 Å². The molecule has 1 N–H and O–H groups in total. The topological polar surface area (TPSA) is 69.2 Å². The number of carbonyl (C=O) groups excluding carboxylic acids is 1. The summed E-state index contributed by atoms with van der Waals surface area (Å²) in [4.78, 5) is 16.9. The highest BCUT2D eigenvalue weighted by atomic mass is 16.6. The quantitative estimate of drug-likeness (QED) is 0.657. The average Bonchev–Trinajstić information content (AvgIpc) is 2.60. The van der Waals surface area contributed by atoms with Crippen molar-refractivity contribution in [2.24, 2.45) is 5.16 Å². The van der Waals surface area contributed by atoms with Crippen LogP contribution in [0.2, 0.25) is 0 Å². The second kappa shape index (κ2) is 7.84. The molecule has 120 valence electrons. The van der Waals surface area contributed by atoms with Crippen molar-refractivity contribution in [1.82, 2.24) is 5.32 Å². The van der Waals surface area contributed by atoms with E-state index in [4.69, 9.17) is 14.3 Å². The summed E-state index contributed by atoms with van der Waals surface area (Å²) in [6.07, 6.45) is 0. The van der Waals surface area contributed by atoms with Crippen LogP contribution in [0.3, 0.4) is 0 Å². The summed E-state index contributed by atoms with van der Waals surface area (Å²) in [6, 6.07) is 14.4. The Morgan fingerprint density at radius 2 is 1.78 bits per heavy atom. The van der Waals surface area contributed by atoms with Gasteiger partial charge in [-0.25, -0.2) is 0 Å². The van der Waals surface area contributed by atoms with Gasteiger partial charge < -0.3 is 19.6 Å². The number of para-hydroxylation sites is 1. The molecule has 0 aliphatic heterocycles. The zero-order valence-corrected chi connectivity index (χ0v) is 13.2. The Bertz CT molecular complexity index is 699. The number of likely N-dealkylation sites (N-methyl/N-ethyl adjacent to an activating group) is 1. The van der Waals surface area contributed by atoms with E-state index >= 15 is 0 Å². The summed E-state index contributed by atoms with van der Waals surface area (Å²) < 4.78 is 11.1. The molecule has 6 nitrogen and oxygen atoms in total. The minimum Gasteiger partial charge on any atom is -0.497 e. The summed E-state index contributed by atoms with van der Waals surface area (Å²) in [7, 11) is 4.44.